The summed E-state index contributed by atoms with van der Waals surface area (Å²) in [6.45, 7) is 0. The van der Waals surface area contributed by atoms with Crippen molar-refractivity contribution >= 4 is 34.3 Å². The van der Waals surface area contributed by atoms with Gasteiger partial charge in [0, 0.05) is 28.6 Å². The molecule has 8 nitrogen and oxygen atoms in total. The van der Waals surface area contributed by atoms with Gasteiger partial charge in [-0.05, 0) is 35.4 Å². The highest BCUT2D eigenvalue weighted by Gasteiger charge is 2.23. The average molecular weight is 441 g/mol. The first-order valence-electron chi connectivity index (χ1n) is 9.39. The summed E-state index contributed by atoms with van der Waals surface area (Å²) in [7, 11) is 3.07. The summed E-state index contributed by atoms with van der Waals surface area (Å²) < 4.78 is 17.1. The third kappa shape index (κ3) is 3.95. The molecule has 0 saturated carbocycles. The molecular formula is C22H21ClN4O4. The van der Waals surface area contributed by atoms with Crippen molar-refractivity contribution in [3.63, 3.8) is 0 Å². The third-order valence-corrected chi connectivity index (χ3v) is 5.26. The summed E-state index contributed by atoms with van der Waals surface area (Å²) in [5.41, 5.74) is 14.3. The molecule has 0 spiro atoms. The Kier molecular flexibility index (Phi) is 5.58. The molecule has 2 aromatic carbocycles. The average Bonchev–Trinajstić information content (AvgIpc) is 3.21. The number of aromatic nitrogens is 2. The molecule has 0 bridgehead atoms. The van der Waals surface area contributed by atoms with Crippen molar-refractivity contribution in [2.45, 2.75) is 12.5 Å². The fourth-order valence-corrected chi connectivity index (χ4v) is 3.57. The maximum atomic E-state index is 10.9. The van der Waals surface area contributed by atoms with Crippen molar-refractivity contribution < 1.29 is 19.0 Å². The third-order valence-electron chi connectivity index (χ3n) is 5.01. The number of hydrogen-bond donors (Lipinski definition) is 3. The Labute approximate surface area is 183 Å². The number of aliphatic hydroxyl groups excluding tert-OH is 1. The molecule has 4 aromatic rings. The summed E-state index contributed by atoms with van der Waals surface area (Å²) in [6.07, 6.45) is 1.00. The van der Waals surface area contributed by atoms with Crippen molar-refractivity contribution in [2.75, 3.05) is 25.7 Å². The Morgan fingerprint density at radius 1 is 1.10 bits per heavy atom. The van der Waals surface area contributed by atoms with E-state index in [-0.39, 0.29) is 5.95 Å². The minimum absolute atomic E-state index is 0.107. The molecule has 160 valence electrons. The lowest BCUT2D eigenvalue weighted by Crippen LogP contribution is -2.04. The zero-order chi connectivity index (χ0) is 22.1. The lowest BCUT2D eigenvalue weighted by atomic mass is 10.0. The number of anilines is 2. The summed E-state index contributed by atoms with van der Waals surface area (Å²) in [4.78, 5) is 8.05. The van der Waals surface area contributed by atoms with Crippen LogP contribution in [-0.2, 0) is 6.42 Å². The second kappa shape index (κ2) is 8.33. The van der Waals surface area contributed by atoms with Crippen molar-refractivity contribution in [2.24, 2.45) is 0 Å². The number of aliphatic hydroxyl groups is 1. The SMILES string of the molecule is COc1cc(Cc2cnc(N)nc2N)c2cc(C(O)c3ccc(Cl)cc3)oc2c1OC. The van der Waals surface area contributed by atoms with Crippen LogP contribution in [0.4, 0.5) is 11.8 Å². The highest BCUT2D eigenvalue weighted by atomic mass is 35.5. The van der Waals surface area contributed by atoms with Gasteiger partial charge in [0.05, 0.1) is 14.2 Å². The number of nitrogens with zero attached hydrogens (tertiary/aromatic N) is 2. The zero-order valence-corrected chi connectivity index (χ0v) is 17.7. The predicted molar refractivity (Wildman–Crippen MR) is 118 cm³/mol. The Morgan fingerprint density at radius 3 is 2.48 bits per heavy atom. The van der Waals surface area contributed by atoms with E-state index in [0.29, 0.717) is 51.2 Å². The fourth-order valence-electron chi connectivity index (χ4n) is 3.44. The minimum Gasteiger partial charge on any atom is -0.493 e. The molecule has 0 aliphatic heterocycles. The molecule has 0 saturated heterocycles. The van der Waals surface area contributed by atoms with E-state index in [1.807, 2.05) is 6.07 Å². The van der Waals surface area contributed by atoms with Crippen molar-refractivity contribution in [3.05, 3.63) is 70.1 Å². The number of fused-ring (bicyclic) bond motifs is 1. The van der Waals surface area contributed by atoms with Gasteiger partial charge in [0.1, 0.15) is 17.7 Å². The standard InChI is InChI=1S/C22H21ClN4O4/c1-29-17-8-12(7-13-10-26-22(25)27-21(13)24)15-9-16(31-19(15)20(17)30-2)18(28)11-3-5-14(23)6-4-11/h3-6,8-10,18,28H,7H2,1-2H3,(H4,24,25,26,27). The molecule has 0 aliphatic rings. The number of furan rings is 1. The van der Waals surface area contributed by atoms with E-state index < -0.39 is 6.10 Å². The Balaban J connectivity index is 1.84. The molecule has 31 heavy (non-hydrogen) atoms. The van der Waals surface area contributed by atoms with Crippen LogP contribution in [-0.4, -0.2) is 29.3 Å². The molecular weight excluding hydrogens is 420 g/mol. The molecule has 9 heteroatoms. The molecule has 0 amide bonds. The van der Waals surface area contributed by atoms with Gasteiger partial charge in [-0.3, -0.25) is 0 Å². The summed E-state index contributed by atoms with van der Waals surface area (Å²) in [6, 6.07) is 10.5. The van der Waals surface area contributed by atoms with Crippen LogP contribution in [0, 0.1) is 0 Å². The lowest BCUT2D eigenvalue weighted by molar-refractivity contribution is 0.192. The lowest BCUT2D eigenvalue weighted by Gasteiger charge is -2.12. The van der Waals surface area contributed by atoms with Gasteiger partial charge < -0.3 is 30.5 Å². The molecule has 0 fully saturated rings. The smallest absolute Gasteiger partial charge is 0.221 e. The fraction of sp³-hybridized carbons (Fsp3) is 0.182. The largest absolute Gasteiger partial charge is 0.493 e. The number of rotatable bonds is 6. The van der Waals surface area contributed by atoms with Gasteiger partial charge in [-0.2, -0.15) is 4.98 Å². The first-order chi connectivity index (χ1) is 14.9. The number of methoxy groups -OCH3 is 2. The van der Waals surface area contributed by atoms with Crippen LogP contribution in [0.15, 0.2) is 47.0 Å². The maximum absolute atomic E-state index is 10.9. The number of nitrogens with two attached hydrogens (primary N) is 2. The minimum atomic E-state index is -0.988. The van der Waals surface area contributed by atoms with Gasteiger partial charge >= 0.3 is 0 Å². The van der Waals surface area contributed by atoms with Gasteiger partial charge in [0.2, 0.25) is 11.7 Å². The van der Waals surface area contributed by atoms with E-state index in [1.165, 1.54) is 7.11 Å². The number of benzene rings is 2. The van der Waals surface area contributed by atoms with E-state index in [2.05, 4.69) is 9.97 Å². The van der Waals surface area contributed by atoms with Crippen molar-refractivity contribution in [3.8, 4) is 11.5 Å². The first-order valence-corrected chi connectivity index (χ1v) is 9.76. The summed E-state index contributed by atoms with van der Waals surface area (Å²) >= 11 is 5.96. The van der Waals surface area contributed by atoms with Gasteiger partial charge in [-0.25, -0.2) is 4.98 Å². The van der Waals surface area contributed by atoms with Crippen molar-refractivity contribution in [1.82, 2.24) is 9.97 Å². The van der Waals surface area contributed by atoms with Gasteiger partial charge in [0.15, 0.2) is 11.3 Å². The Hall–Kier alpha value is -3.49. The quantitative estimate of drug-likeness (QED) is 0.413. The molecule has 5 N–H and O–H groups in total. The van der Waals surface area contributed by atoms with Crippen LogP contribution < -0.4 is 20.9 Å². The predicted octanol–water partition coefficient (Wildman–Crippen LogP) is 3.73. The zero-order valence-electron chi connectivity index (χ0n) is 16.9. The summed E-state index contributed by atoms with van der Waals surface area (Å²) in [5, 5.41) is 12.2. The molecule has 1 atom stereocenters. The van der Waals surface area contributed by atoms with Crippen LogP contribution in [0.1, 0.15) is 28.6 Å². The van der Waals surface area contributed by atoms with E-state index in [9.17, 15) is 5.11 Å². The molecule has 0 aliphatic carbocycles. The second-order valence-corrected chi connectivity index (χ2v) is 7.37. The first kappa shape index (κ1) is 20.8. The second-order valence-electron chi connectivity index (χ2n) is 6.93. The summed E-state index contributed by atoms with van der Waals surface area (Å²) in [5.74, 6) is 1.67. The monoisotopic (exact) mass is 440 g/mol. The van der Waals surface area contributed by atoms with Crippen LogP contribution in [0.25, 0.3) is 11.0 Å². The maximum Gasteiger partial charge on any atom is 0.221 e. The highest BCUT2D eigenvalue weighted by Crippen LogP contribution is 2.42. The number of hydrogen-bond acceptors (Lipinski definition) is 8. The Morgan fingerprint density at radius 2 is 1.84 bits per heavy atom. The molecule has 1 unspecified atom stereocenters. The van der Waals surface area contributed by atoms with E-state index in [4.69, 9.17) is 37.0 Å². The topological polar surface area (TPSA) is 130 Å². The van der Waals surface area contributed by atoms with Gasteiger partial charge in [0.25, 0.3) is 0 Å². The molecule has 2 aromatic heterocycles. The van der Waals surface area contributed by atoms with E-state index in [0.717, 1.165) is 10.9 Å². The van der Waals surface area contributed by atoms with E-state index >= 15 is 0 Å². The van der Waals surface area contributed by atoms with Crippen LogP contribution in [0.3, 0.4) is 0 Å². The van der Waals surface area contributed by atoms with Gasteiger partial charge in [-0.1, -0.05) is 23.7 Å². The van der Waals surface area contributed by atoms with Crippen molar-refractivity contribution in [1.29, 1.82) is 0 Å². The molecule has 0 radical (unpaired) electrons. The van der Waals surface area contributed by atoms with Crippen LogP contribution in [0.2, 0.25) is 5.02 Å². The normalized spacial score (nSPS) is 12.1. The molecule has 4 rings (SSSR count). The molecule has 2 heterocycles. The van der Waals surface area contributed by atoms with E-state index in [1.54, 1.807) is 43.6 Å². The van der Waals surface area contributed by atoms with Crippen LogP contribution >= 0.6 is 11.6 Å². The van der Waals surface area contributed by atoms with Gasteiger partial charge in [-0.15, -0.1) is 0 Å². The number of halogens is 1. The Bertz CT molecular complexity index is 1240. The number of nitrogen functional groups attached to an aromatic ring is 2. The van der Waals surface area contributed by atoms with Crippen LogP contribution in [0.5, 0.6) is 11.5 Å². The number of ether oxygens (including phenoxy) is 2. The highest BCUT2D eigenvalue weighted by molar-refractivity contribution is 6.30.